The lowest BCUT2D eigenvalue weighted by molar-refractivity contribution is -0.145. The van der Waals surface area contributed by atoms with Crippen LogP contribution in [0.5, 0.6) is 5.75 Å². The fraction of sp³-hybridized carbons (Fsp3) is 0.435. The van der Waals surface area contributed by atoms with Crippen molar-refractivity contribution in [2.75, 3.05) is 31.7 Å². The van der Waals surface area contributed by atoms with Crippen LogP contribution in [0, 0.1) is 0 Å². The number of methoxy groups -OCH3 is 1. The number of imide groups is 1. The van der Waals surface area contributed by atoms with Crippen molar-refractivity contribution in [3.63, 3.8) is 0 Å². The Kier molecular flexibility index (Phi) is 6.50. The summed E-state index contributed by atoms with van der Waals surface area (Å²) in [5, 5.41) is -0.490. The summed E-state index contributed by atoms with van der Waals surface area (Å²) in [5.74, 6) is -0.508. The molecule has 31 heavy (non-hydrogen) atoms. The molecule has 1 aromatic rings. The predicted octanol–water partition coefficient (Wildman–Crippen LogP) is 4.32. The van der Waals surface area contributed by atoms with E-state index in [0.29, 0.717) is 11.3 Å². The largest absolute Gasteiger partial charge is 0.496 e. The van der Waals surface area contributed by atoms with Gasteiger partial charge in [0.1, 0.15) is 12.3 Å². The Labute approximate surface area is 187 Å². The summed E-state index contributed by atoms with van der Waals surface area (Å²) in [4.78, 5) is 40.2. The van der Waals surface area contributed by atoms with Crippen LogP contribution in [0.2, 0.25) is 0 Å². The van der Waals surface area contributed by atoms with Crippen LogP contribution in [-0.2, 0) is 14.3 Å². The summed E-state index contributed by atoms with van der Waals surface area (Å²) >= 11 is 0.809. The van der Waals surface area contributed by atoms with Gasteiger partial charge >= 0.3 is 5.97 Å². The lowest BCUT2D eigenvalue weighted by Crippen LogP contribution is -2.44. The number of rotatable bonds is 6. The Morgan fingerprint density at radius 1 is 1.23 bits per heavy atom. The van der Waals surface area contributed by atoms with Crippen LogP contribution >= 0.6 is 11.8 Å². The summed E-state index contributed by atoms with van der Waals surface area (Å²) in [6, 6.07) is 3.96. The van der Waals surface area contributed by atoms with Crippen molar-refractivity contribution in [3.05, 3.63) is 34.2 Å². The van der Waals surface area contributed by atoms with Gasteiger partial charge in [-0.2, -0.15) is 0 Å². The predicted molar refractivity (Wildman–Crippen MR) is 123 cm³/mol. The summed E-state index contributed by atoms with van der Waals surface area (Å²) in [6.07, 6.45) is 3.88. The molecule has 0 bridgehead atoms. The third-order valence-electron chi connectivity index (χ3n) is 5.40. The SMILES string of the molecule is CCOC(=O)CN1C(=O)S/C(=C\c2cc3c(cc2OC)N(CC)C(C)(C)C=C3C)C1=O. The number of thioether (sulfide) groups is 1. The Morgan fingerprint density at radius 3 is 2.55 bits per heavy atom. The number of nitrogens with zero attached hydrogens (tertiary/aromatic N) is 2. The molecule has 2 aliphatic rings. The highest BCUT2D eigenvalue weighted by Gasteiger charge is 2.37. The second kappa shape index (κ2) is 8.78. The molecule has 0 aromatic heterocycles. The smallest absolute Gasteiger partial charge is 0.326 e. The van der Waals surface area contributed by atoms with Crippen LogP contribution in [0.3, 0.4) is 0 Å². The summed E-state index contributed by atoms with van der Waals surface area (Å²) < 4.78 is 10.5. The number of fused-ring (bicyclic) bond motifs is 1. The molecule has 2 aliphatic heterocycles. The van der Waals surface area contributed by atoms with Gasteiger partial charge < -0.3 is 14.4 Å². The van der Waals surface area contributed by atoms with Crippen molar-refractivity contribution in [2.45, 2.75) is 40.2 Å². The number of benzene rings is 1. The number of carbonyl (C=O) groups excluding carboxylic acids is 3. The molecule has 3 rings (SSSR count). The van der Waals surface area contributed by atoms with E-state index in [4.69, 9.17) is 9.47 Å². The quantitative estimate of drug-likeness (QED) is 0.478. The zero-order valence-electron chi connectivity index (χ0n) is 18.8. The normalized spacial score (nSPS) is 18.9. The van der Waals surface area contributed by atoms with Crippen LogP contribution < -0.4 is 9.64 Å². The minimum atomic E-state index is -0.611. The molecule has 7 nitrogen and oxygen atoms in total. The number of amides is 2. The minimum absolute atomic E-state index is 0.131. The maximum atomic E-state index is 12.7. The third-order valence-corrected chi connectivity index (χ3v) is 6.31. The average Bonchev–Trinajstić information content (AvgIpc) is 2.95. The molecule has 8 heteroatoms. The molecular formula is C23H28N2O5S. The van der Waals surface area contributed by atoms with E-state index in [1.165, 1.54) is 0 Å². The van der Waals surface area contributed by atoms with Gasteiger partial charge in [0.15, 0.2) is 0 Å². The fourth-order valence-corrected chi connectivity index (χ4v) is 4.93. The van der Waals surface area contributed by atoms with Crippen LogP contribution in [0.1, 0.15) is 45.7 Å². The number of likely N-dealkylation sites (N-methyl/N-ethyl adjacent to an activating group) is 1. The van der Waals surface area contributed by atoms with Gasteiger partial charge in [0.2, 0.25) is 0 Å². The molecule has 0 unspecified atom stereocenters. The molecule has 1 aromatic carbocycles. The number of hydrogen-bond donors (Lipinski definition) is 0. The fourth-order valence-electron chi connectivity index (χ4n) is 4.10. The van der Waals surface area contributed by atoms with Crippen molar-refractivity contribution in [2.24, 2.45) is 0 Å². The maximum Gasteiger partial charge on any atom is 0.326 e. The molecule has 1 saturated heterocycles. The van der Waals surface area contributed by atoms with Crippen LogP contribution in [-0.4, -0.2) is 54.4 Å². The number of ether oxygens (including phenoxy) is 2. The number of hydrogen-bond acceptors (Lipinski definition) is 7. The third kappa shape index (κ3) is 4.35. The first-order valence-corrected chi connectivity index (χ1v) is 11.0. The molecule has 0 radical (unpaired) electrons. The zero-order chi connectivity index (χ0) is 22.9. The first-order chi connectivity index (χ1) is 14.6. The second-order valence-electron chi connectivity index (χ2n) is 7.91. The Balaban J connectivity index is 2.00. The monoisotopic (exact) mass is 444 g/mol. The molecule has 2 heterocycles. The Bertz CT molecular complexity index is 996. The van der Waals surface area contributed by atoms with Gasteiger partial charge in [0, 0.05) is 29.4 Å². The molecule has 0 saturated carbocycles. The standard InChI is InChI=1S/C23H28N2O5S/c1-7-25-17-11-18(29-6)15(9-16(17)14(3)12-23(25,4)5)10-19-21(27)24(22(28)31-19)13-20(26)30-8-2/h9-12H,7-8,13H2,1-6H3/b19-10-. The van der Waals surface area contributed by atoms with E-state index in [1.54, 1.807) is 20.1 Å². The maximum absolute atomic E-state index is 12.7. The number of allylic oxidation sites excluding steroid dienone is 1. The highest BCUT2D eigenvalue weighted by molar-refractivity contribution is 8.18. The summed E-state index contributed by atoms with van der Waals surface area (Å²) in [6.45, 7) is 10.8. The lowest BCUT2D eigenvalue weighted by Gasteiger charge is -2.43. The van der Waals surface area contributed by atoms with E-state index in [2.05, 4.69) is 38.7 Å². The molecule has 2 amide bonds. The van der Waals surface area contributed by atoms with E-state index in [9.17, 15) is 14.4 Å². The first kappa shape index (κ1) is 22.9. The number of esters is 1. The van der Waals surface area contributed by atoms with Gasteiger partial charge in [-0.25, -0.2) is 0 Å². The van der Waals surface area contributed by atoms with Gasteiger partial charge in [-0.15, -0.1) is 0 Å². The topological polar surface area (TPSA) is 76.2 Å². The zero-order valence-corrected chi connectivity index (χ0v) is 19.6. The minimum Gasteiger partial charge on any atom is -0.496 e. The van der Waals surface area contributed by atoms with Crippen molar-refractivity contribution in [1.29, 1.82) is 0 Å². The van der Waals surface area contributed by atoms with Gasteiger partial charge in [-0.1, -0.05) is 6.08 Å². The van der Waals surface area contributed by atoms with Crippen LogP contribution in [0.4, 0.5) is 10.5 Å². The molecule has 0 spiro atoms. The van der Waals surface area contributed by atoms with Crippen molar-refractivity contribution in [3.8, 4) is 5.75 Å². The van der Waals surface area contributed by atoms with Gasteiger partial charge in [0.05, 0.1) is 24.2 Å². The highest BCUT2D eigenvalue weighted by Crippen LogP contribution is 2.43. The van der Waals surface area contributed by atoms with Gasteiger partial charge in [-0.05, 0) is 64.1 Å². The van der Waals surface area contributed by atoms with Crippen molar-refractivity contribution in [1.82, 2.24) is 4.90 Å². The molecular weight excluding hydrogens is 416 g/mol. The van der Waals surface area contributed by atoms with E-state index in [-0.39, 0.29) is 23.6 Å². The van der Waals surface area contributed by atoms with Crippen LogP contribution in [0.25, 0.3) is 11.6 Å². The Morgan fingerprint density at radius 2 is 1.94 bits per heavy atom. The average molecular weight is 445 g/mol. The summed E-state index contributed by atoms with van der Waals surface area (Å²) in [7, 11) is 1.58. The molecule has 1 fully saturated rings. The molecule has 0 aliphatic carbocycles. The van der Waals surface area contributed by atoms with Crippen molar-refractivity contribution >= 4 is 46.2 Å². The molecule has 0 N–H and O–H groups in total. The van der Waals surface area contributed by atoms with Gasteiger partial charge in [-0.3, -0.25) is 19.3 Å². The van der Waals surface area contributed by atoms with E-state index in [1.807, 2.05) is 12.1 Å². The second-order valence-corrected chi connectivity index (χ2v) is 8.90. The highest BCUT2D eigenvalue weighted by atomic mass is 32.2. The van der Waals surface area contributed by atoms with E-state index >= 15 is 0 Å². The molecule has 0 atom stereocenters. The van der Waals surface area contributed by atoms with E-state index in [0.717, 1.165) is 40.0 Å². The first-order valence-electron chi connectivity index (χ1n) is 10.2. The van der Waals surface area contributed by atoms with Gasteiger partial charge in [0.25, 0.3) is 11.1 Å². The summed E-state index contributed by atoms with van der Waals surface area (Å²) in [5.41, 5.74) is 3.83. The number of anilines is 1. The molecule has 166 valence electrons. The Hall–Kier alpha value is -2.74. The number of carbonyl (C=O) groups is 3. The lowest BCUT2D eigenvalue weighted by atomic mass is 9.87. The van der Waals surface area contributed by atoms with E-state index < -0.39 is 17.1 Å². The van der Waals surface area contributed by atoms with Crippen LogP contribution in [0.15, 0.2) is 23.1 Å². The van der Waals surface area contributed by atoms with Crippen molar-refractivity contribution < 1.29 is 23.9 Å².